The number of H-pyrrole nitrogens is 1. The van der Waals surface area contributed by atoms with Crippen LogP contribution in [0.3, 0.4) is 0 Å². The molecule has 0 aliphatic heterocycles. The molecule has 2 rings (SSSR count). The first-order chi connectivity index (χ1) is 8.47. The average Bonchev–Trinajstić information content (AvgIpc) is 2.59. The summed E-state index contributed by atoms with van der Waals surface area (Å²) in [5.41, 5.74) is 1.45. The Balaban J connectivity index is 2.08. The lowest BCUT2D eigenvalue weighted by Crippen LogP contribution is -2.25. The Morgan fingerprint density at radius 3 is 2.78 bits per heavy atom. The zero-order chi connectivity index (χ0) is 13.2. The van der Waals surface area contributed by atoms with Gasteiger partial charge >= 0.3 is 5.69 Å². The Labute approximate surface area is 105 Å². The van der Waals surface area contributed by atoms with Gasteiger partial charge in [0.25, 0.3) is 0 Å². The first-order valence-corrected chi connectivity index (χ1v) is 7.49. The van der Waals surface area contributed by atoms with Gasteiger partial charge in [0.1, 0.15) is 0 Å². The molecule has 0 atom stereocenters. The lowest BCUT2D eigenvalue weighted by Gasteiger charge is -2.04. The van der Waals surface area contributed by atoms with E-state index in [9.17, 15) is 13.2 Å². The smallest absolute Gasteiger partial charge is 0.306 e. The molecule has 0 spiro atoms. The SMILES string of the molecule is CS(=O)(=O)NCCCn1c(=O)[nH]c2ccccc21. The van der Waals surface area contributed by atoms with Crippen molar-refractivity contribution in [3.63, 3.8) is 0 Å². The topological polar surface area (TPSA) is 84.0 Å². The molecule has 0 radical (unpaired) electrons. The standard InChI is InChI=1S/C11H15N3O3S/c1-18(16,17)12-7-4-8-14-10-6-3-2-5-9(10)13-11(14)15/h2-3,5-6,12H,4,7-8H2,1H3,(H,13,15). The van der Waals surface area contributed by atoms with E-state index in [4.69, 9.17) is 0 Å². The second-order valence-corrected chi connectivity index (χ2v) is 5.95. The largest absolute Gasteiger partial charge is 0.326 e. The van der Waals surface area contributed by atoms with E-state index in [2.05, 4.69) is 9.71 Å². The van der Waals surface area contributed by atoms with Crippen LogP contribution in [0.15, 0.2) is 29.1 Å². The van der Waals surface area contributed by atoms with E-state index in [0.29, 0.717) is 19.5 Å². The maximum absolute atomic E-state index is 11.7. The van der Waals surface area contributed by atoms with Crippen LogP contribution < -0.4 is 10.4 Å². The van der Waals surface area contributed by atoms with E-state index in [1.807, 2.05) is 24.3 Å². The third-order valence-electron chi connectivity index (χ3n) is 2.60. The van der Waals surface area contributed by atoms with Gasteiger partial charge in [-0.25, -0.2) is 17.9 Å². The Bertz CT molecular complexity index is 700. The van der Waals surface area contributed by atoms with Crippen molar-refractivity contribution >= 4 is 21.1 Å². The van der Waals surface area contributed by atoms with E-state index in [-0.39, 0.29) is 5.69 Å². The molecule has 2 aromatic rings. The number of fused-ring (bicyclic) bond motifs is 1. The number of aromatic amines is 1. The van der Waals surface area contributed by atoms with E-state index in [1.165, 1.54) is 0 Å². The van der Waals surface area contributed by atoms with Crippen LogP contribution in [0, 0.1) is 0 Å². The van der Waals surface area contributed by atoms with Crippen LogP contribution in [0.4, 0.5) is 0 Å². The second-order valence-electron chi connectivity index (χ2n) is 4.12. The van der Waals surface area contributed by atoms with Crippen molar-refractivity contribution < 1.29 is 8.42 Å². The first kappa shape index (κ1) is 12.8. The number of aryl methyl sites for hydroxylation is 1. The van der Waals surface area contributed by atoms with Crippen LogP contribution in [0.25, 0.3) is 11.0 Å². The molecule has 0 fully saturated rings. The van der Waals surface area contributed by atoms with Crippen molar-refractivity contribution in [3.05, 3.63) is 34.7 Å². The molecule has 0 aliphatic carbocycles. The maximum Gasteiger partial charge on any atom is 0.326 e. The number of rotatable bonds is 5. The second kappa shape index (κ2) is 4.95. The summed E-state index contributed by atoms with van der Waals surface area (Å²) >= 11 is 0. The van der Waals surface area contributed by atoms with Gasteiger partial charge in [0.2, 0.25) is 10.0 Å². The highest BCUT2D eigenvalue weighted by atomic mass is 32.2. The number of nitrogens with one attached hydrogen (secondary N) is 2. The quantitative estimate of drug-likeness (QED) is 0.764. The van der Waals surface area contributed by atoms with Crippen LogP contribution in [0.1, 0.15) is 6.42 Å². The summed E-state index contributed by atoms with van der Waals surface area (Å²) in [5.74, 6) is 0. The van der Waals surface area contributed by atoms with Crippen LogP contribution in [0.5, 0.6) is 0 Å². The highest BCUT2D eigenvalue weighted by Gasteiger charge is 2.05. The predicted molar refractivity (Wildman–Crippen MR) is 70.0 cm³/mol. The lowest BCUT2D eigenvalue weighted by atomic mass is 10.3. The molecular formula is C11H15N3O3S. The number of sulfonamides is 1. The van der Waals surface area contributed by atoms with Gasteiger partial charge in [0.15, 0.2) is 0 Å². The minimum Gasteiger partial charge on any atom is -0.306 e. The summed E-state index contributed by atoms with van der Waals surface area (Å²) in [6.45, 7) is 0.802. The fourth-order valence-electron chi connectivity index (χ4n) is 1.82. The van der Waals surface area contributed by atoms with Gasteiger partial charge in [-0.05, 0) is 18.6 Å². The monoisotopic (exact) mass is 269 g/mol. The van der Waals surface area contributed by atoms with E-state index >= 15 is 0 Å². The van der Waals surface area contributed by atoms with Gasteiger partial charge in [-0.1, -0.05) is 12.1 Å². The molecule has 0 bridgehead atoms. The van der Waals surface area contributed by atoms with Crippen LogP contribution in [-0.2, 0) is 16.6 Å². The number of benzene rings is 1. The van der Waals surface area contributed by atoms with Crippen LogP contribution in [0.2, 0.25) is 0 Å². The minimum absolute atomic E-state index is 0.171. The molecule has 0 saturated carbocycles. The Kier molecular flexibility index (Phi) is 3.53. The zero-order valence-electron chi connectivity index (χ0n) is 10.0. The molecule has 1 heterocycles. The van der Waals surface area contributed by atoms with Crippen LogP contribution in [-0.4, -0.2) is 30.8 Å². The van der Waals surface area contributed by atoms with E-state index in [1.54, 1.807) is 4.57 Å². The highest BCUT2D eigenvalue weighted by molar-refractivity contribution is 7.88. The van der Waals surface area contributed by atoms with Gasteiger partial charge < -0.3 is 4.98 Å². The summed E-state index contributed by atoms with van der Waals surface area (Å²) in [4.78, 5) is 14.5. The normalized spacial score (nSPS) is 12.1. The zero-order valence-corrected chi connectivity index (χ0v) is 10.8. The lowest BCUT2D eigenvalue weighted by molar-refractivity contribution is 0.575. The minimum atomic E-state index is -3.16. The molecule has 6 nitrogen and oxygen atoms in total. The number of aromatic nitrogens is 2. The molecule has 0 unspecified atom stereocenters. The van der Waals surface area contributed by atoms with Gasteiger partial charge in [0, 0.05) is 13.1 Å². The summed E-state index contributed by atoms with van der Waals surface area (Å²) < 4.78 is 25.8. The molecule has 0 saturated heterocycles. The highest BCUT2D eigenvalue weighted by Crippen LogP contribution is 2.08. The molecule has 1 aromatic heterocycles. The number of nitrogens with zero attached hydrogens (tertiary/aromatic N) is 1. The Morgan fingerprint density at radius 1 is 1.33 bits per heavy atom. The van der Waals surface area contributed by atoms with Gasteiger partial charge in [-0.2, -0.15) is 0 Å². The van der Waals surface area contributed by atoms with Crippen molar-refractivity contribution in [3.8, 4) is 0 Å². The summed E-state index contributed by atoms with van der Waals surface area (Å²) in [6.07, 6.45) is 1.68. The third kappa shape index (κ3) is 2.99. The summed E-state index contributed by atoms with van der Waals surface area (Å²) in [5, 5.41) is 0. The van der Waals surface area contributed by atoms with Crippen molar-refractivity contribution in [2.24, 2.45) is 0 Å². The molecule has 7 heteroatoms. The molecule has 0 amide bonds. The van der Waals surface area contributed by atoms with E-state index in [0.717, 1.165) is 17.3 Å². The number of para-hydroxylation sites is 2. The fourth-order valence-corrected chi connectivity index (χ4v) is 2.34. The van der Waals surface area contributed by atoms with Gasteiger partial charge in [0.05, 0.1) is 17.3 Å². The van der Waals surface area contributed by atoms with Crippen LogP contribution >= 0.6 is 0 Å². The number of hydrogen-bond acceptors (Lipinski definition) is 3. The molecule has 2 N–H and O–H groups in total. The van der Waals surface area contributed by atoms with Gasteiger partial charge in [-0.3, -0.25) is 4.57 Å². The van der Waals surface area contributed by atoms with Gasteiger partial charge in [-0.15, -0.1) is 0 Å². The molecule has 1 aromatic carbocycles. The first-order valence-electron chi connectivity index (χ1n) is 5.59. The Hall–Kier alpha value is -1.60. The predicted octanol–water partition coefficient (Wildman–Crippen LogP) is 0.269. The maximum atomic E-state index is 11.7. The van der Waals surface area contributed by atoms with Crippen molar-refractivity contribution in [2.75, 3.05) is 12.8 Å². The molecular weight excluding hydrogens is 254 g/mol. The summed E-state index contributed by atoms with van der Waals surface area (Å²) in [6, 6.07) is 7.41. The number of hydrogen-bond donors (Lipinski definition) is 2. The molecule has 0 aliphatic rings. The average molecular weight is 269 g/mol. The van der Waals surface area contributed by atoms with Crippen molar-refractivity contribution in [1.82, 2.24) is 14.3 Å². The van der Waals surface area contributed by atoms with E-state index < -0.39 is 10.0 Å². The fraction of sp³-hybridized carbons (Fsp3) is 0.364. The molecule has 18 heavy (non-hydrogen) atoms. The number of imidazole rings is 1. The van der Waals surface area contributed by atoms with Crippen molar-refractivity contribution in [1.29, 1.82) is 0 Å². The Morgan fingerprint density at radius 2 is 2.06 bits per heavy atom. The summed E-state index contributed by atoms with van der Waals surface area (Å²) in [7, 11) is -3.16. The van der Waals surface area contributed by atoms with Crippen molar-refractivity contribution in [2.45, 2.75) is 13.0 Å². The molecule has 98 valence electrons. The third-order valence-corrected chi connectivity index (χ3v) is 3.33.